The summed E-state index contributed by atoms with van der Waals surface area (Å²) in [5, 5.41) is 6.20. The van der Waals surface area contributed by atoms with Gasteiger partial charge in [-0.1, -0.05) is 13.8 Å². The average Bonchev–Trinajstić information content (AvgIpc) is 3.05. The molecule has 0 bridgehead atoms. The van der Waals surface area contributed by atoms with Crippen molar-refractivity contribution >= 4 is 17.8 Å². The van der Waals surface area contributed by atoms with E-state index in [1.807, 2.05) is 18.7 Å². The number of carbonyl (C=O) groups is 3. The molecule has 24 heavy (non-hydrogen) atoms. The molecule has 7 heteroatoms. The van der Waals surface area contributed by atoms with Gasteiger partial charge in [0.05, 0.1) is 0 Å². The molecule has 0 radical (unpaired) electrons. The van der Waals surface area contributed by atoms with E-state index in [4.69, 9.17) is 0 Å². The summed E-state index contributed by atoms with van der Waals surface area (Å²) in [5.74, 6) is 0.913. The van der Waals surface area contributed by atoms with Gasteiger partial charge < -0.3 is 15.5 Å². The zero-order valence-electron chi connectivity index (χ0n) is 14.6. The Kier molecular flexibility index (Phi) is 4.80. The van der Waals surface area contributed by atoms with E-state index in [0.29, 0.717) is 24.7 Å². The Morgan fingerprint density at radius 3 is 2.21 bits per heavy atom. The fourth-order valence-electron chi connectivity index (χ4n) is 4.25. The molecular weight excluding hydrogens is 308 g/mol. The molecule has 0 aromatic heterocycles. The van der Waals surface area contributed by atoms with Crippen LogP contribution in [0.4, 0.5) is 4.79 Å². The average molecular weight is 336 g/mol. The summed E-state index contributed by atoms with van der Waals surface area (Å²) in [6.07, 6.45) is 3.08. The molecule has 0 unspecified atom stereocenters. The van der Waals surface area contributed by atoms with Crippen molar-refractivity contribution in [2.75, 3.05) is 32.7 Å². The lowest BCUT2D eigenvalue weighted by atomic mass is 9.92. The smallest absolute Gasteiger partial charge is 0.325 e. The third-order valence-corrected chi connectivity index (χ3v) is 6.12. The third kappa shape index (κ3) is 2.90. The second-order valence-corrected chi connectivity index (χ2v) is 7.25. The number of nitrogens with one attached hydrogen (secondary N) is 2. The molecule has 3 fully saturated rings. The summed E-state index contributed by atoms with van der Waals surface area (Å²) < 4.78 is 0. The Morgan fingerprint density at radius 2 is 1.71 bits per heavy atom. The van der Waals surface area contributed by atoms with Crippen molar-refractivity contribution in [3.8, 4) is 0 Å². The first-order chi connectivity index (χ1) is 11.5. The second kappa shape index (κ2) is 6.70. The number of hydrogen-bond acceptors (Lipinski definition) is 4. The van der Waals surface area contributed by atoms with Crippen molar-refractivity contribution in [2.45, 2.75) is 45.1 Å². The van der Waals surface area contributed by atoms with Gasteiger partial charge in [-0.15, -0.1) is 0 Å². The summed E-state index contributed by atoms with van der Waals surface area (Å²) in [5.41, 5.74) is -0.834. The molecule has 3 rings (SSSR count). The van der Waals surface area contributed by atoms with Crippen molar-refractivity contribution in [2.24, 2.45) is 11.8 Å². The van der Waals surface area contributed by atoms with Crippen molar-refractivity contribution in [1.29, 1.82) is 0 Å². The number of nitrogens with zero attached hydrogens (tertiary/aromatic N) is 2. The van der Waals surface area contributed by atoms with Crippen LogP contribution >= 0.6 is 0 Å². The second-order valence-electron chi connectivity index (χ2n) is 7.25. The van der Waals surface area contributed by atoms with Crippen LogP contribution in [0.15, 0.2) is 0 Å². The molecule has 0 aromatic rings. The third-order valence-electron chi connectivity index (χ3n) is 6.12. The van der Waals surface area contributed by atoms with Crippen LogP contribution < -0.4 is 10.6 Å². The Hall–Kier alpha value is -1.63. The van der Waals surface area contributed by atoms with Crippen molar-refractivity contribution in [3.63, 3.8) is 0 Å². The normalized spacial score (nSPS) is 29.4. The maximum absolute atomic E-state index is 12.6. The lowest BCUT2D eigenvalue weighted by molar-refractivity contribution is -0.139. The van der Waals surface area contributed by atoms with E-state index in [1.165, 1.54) is 0 Å². The SMILES string of the molecule is CCC1(CC)NC(=O)N(CC(=O)N2CC[C@@H]3CNC[C@@H]3CC2)C1=O. The quantitative estimate of drug-likeness (QED) is 0.735. The molecule has 134 valence electrons. The van der Waals surface area contributed by atoms with Gasteiger partial charge >= 0.3 is 6.03 Å². The number of rotatable bonds is 4. The molecule has 4 amide bonds. The molecule has 3 heterocycles. The van der Waals surface area contributed by atoms with Gasteiger partial charge in [-0.3, -0.25) is 14.5 Å². The molecule has 3 saturated heterocycles. The van der Waals surface area contributed by atoms with Crippen molar-refractivity contribution in [1.82, 2.24) is 20.4 Å². The number of carbonyl (C=O) groups excluding carboxylic acids is 3. The lowest BCUT2D eigenvalue weighted by Gasteiger charge is -2.25. The molecule has 7 nitrogen and oxygen atoms in total. The van der Waals surface area contributed by atoms with E-state index in [1.54, 1.807) is 0 Å². The predicted octanol–water partition coefficient (Wildman–Crippen LogP) is 0.555. The minimum atomic E-state index is -0.834. The van der Waals surface area contributed by atoms with Crippen molar-refractivity contribution in [3.05, 3.63) is 0 Å². The Morgan fingerprint density at radius 1 is 1.12 bits per heavy atom. The summed E-state index contributed by atoms with van der Waals surface area (Å²) in [6.45, 7) is 7.14. The van der Waals surface area contributed by atoms with Gasteiger partial charge in [0.15, 0.2) is 0 Å². The predicted molar refractivity (Wildman–Crippen MR) is 89.2 cm³/mol. The van der Waals surface area contributed by atoms with Crippen LogP contribution in [0.3, 0.4) is 0 Å². The van der Waals surface area contributed by atoms with Crippen LogP contribution in [0, 0.1) is 11.8 Å². The van der Waals surface area contributed by atoms with E-state index in [-0.39, 0.29) is 18.4 Å². The van der Waals surface area contributed by atoms with Gasteiger partial charge in [-0.25, -0.2) is 4.79 Å². The highest BCUT2D eigenvalue weighted by molar-refractivity contribution is 6.08. The summed E-state index contributed by atoms with van der Waals surface area (Å²) >= 11 is 0. The maximum atomic E-state index is 12.6. The summed E-state index contributed by atoms with van der Waals surface area (Å²) in [4.78, 5) is 40.4. The van der Waals surface area contributed by atoms with E-state index in [0.717, 1.165) is 43.9 Å². The number of amides is 4. The van der Waals surface area contributed by atoms with Crippen LogP contribution in [0.1, 0.15) is 39.5 Å². The minimum Gasteiger partial charge on any atom is -0.341 e. The molecule has 2 atom stereocenters. The standard InChI is InChI=1S/C17H28N4O3/c1-3-17(4-2)15(23)21(16(24)19-17)11-14(22)20-7-5-12-9-18-10-13(12)6-8-20/h12-13,18H,3-11H2,1-2H3,(H,19,24)/t12-,13+. The minimum absolute atomic E-state index is 0.116. The maximum Gasteiger partial charge on any atom is 0.325 e. The Labute approximate surface area is 143 Å². The highest BCUT2D eigenvalue weighted by atomic mass is 16.2. The highest BCUT2D eigenvalue weighted by Crippen LogP contribution is 2.28. The number of fused-ring (bicyclic) bond motifs is 1. The fourth-order valence-corrected chi connectivity index (χ4v) is 4.25. The number of urea groups is 1. The first kappa shape index (κ1) is 17.2. The first-order valence-electron chi connectivity index (χ1n) is 9.13. The highest BCUT2D eigenvalue weighted by Gasteiger charge is 2.49. The molecule has 0 aliphatic carbocycles. The molecule has 0 aromatic carbocycles. The number of imide groups is 1. The van der Waals surface area contributed by atoms with Gasteiger partial charge in [0.25, 0.3) is 5.91 Å². The monoisotopic (exact) mass is 336 g/mol. The van der Waals surface area contributed by atoms with Crippen molar-refractivity contribution < 1.29 is 14.4 Å². The lowest BCUT2D eigenvalue weighted by Crippen LogP contribution is -2.47. The van der Waals surface area contributed by atoms with Crippen LogP contribution in [-0.4, -0.2) is 65.9 Å². The molecule has 2 N–H and O–H groups in total. The summed E-state index contributed by atoms with van der Waals surface area (Å²) in [6, 6.07) is -0.437. The van der Waals surface area contributed by atoms with E-state index < -0.39 is 11.6 Å². The number of hydrogen-bond donors (Lipinski definition) is 2. The zero-order chi connectivity index (χ0) is 17.3. The molecule has 0 spiro atoms. The molecular formula is C17H28N4O3. The van der Waals surface area contributed by atoms with Gasteiger partial charge in [-0.2, -0.15) is 0 Å². The fraction of sp³-hybridized carbons (Fsp3) is 0.824. The van der Waals surface area contributed by atoms with E-state index >= 15 is 0 Å². The van der Waals surface area contributed by atoms with Gasteiger partial charge in [-0.05, 0) is 50.6 Å². The van der Waals surface area contributed by atoms with Crippen LogP contribution in [0.25, 0.3) is 0 Å². The molecule has 0 saturated carbocycles. The van der Waals surface area contributed by atoms with Gasteiger partial charge in [0.2, 0.25) is 5.91 Å². The van der Waals surface area contributed by atoms with Gasteiger partial charge in [0, 0.05) is 13.1 Å². The summed E-state index contributed by atoms with van der Waals surface area (Å²) in [7, 11) is 0. The van der Waals surface area contributed by atoms with Crippen LogP contribution in [0.5, 0.6) is 0 Å². The Bertz CT molecular complexity index is 518. The van der Waals surface area contributed by atoms with E-state index in [9.17, 15) is 14.4 Å². The first-order valence-corrected chi connectivity index (χ1v) is 9.13. The van der Waals surface area contributed by atoms with Gasteiger partial charge in [0.1, 0.15) is 12.1 Å². The van der Waals surface area contributed by atoms with Crippen LogP contribution in [0.2, 0.25) is 0 Å². The van der Waals surface area contributed by atoms with E-state index in [2.05, 4.69) is 10.6 Å². The van der Waals surface area contributed by atoms with Crippen LogP contribution in [-0.2, 0) is 9.59 Å². The molecule has 3 aliphatic rings. The number of likely N-dealkylation sites (tertiary alicyclic amines) is 1. The zero-order valence-corrected chi connectivity index (χ0v) is 14.6. The largest absolute Gasteiger partial charge is 0.341 e. The molecule has 3 aliphatic heterocycles. The topological polar surface area (TPSA) is 81.8 Å². The Balaban J connectivity index is 1.62.